The lowest BCUT2D eigenvalue weighted by atomic mass is 9.88. The maximum absolute atomic E-state index is 2.47. The van der Waals surface area contributed by atoms with Gasteiger partial charge in [-0.25, -0.2) is 0 Å². The second-order valence-electron chi connectivity index (χ2n) is 16.7. The SMILES string of the molecule is CCc1cccc(N(c2ccc(-c3ccc(N(c4cccc(C)c4)c4ccc5c6c4CCC=C6c4ccccc4-5)cc3)cc2)c2ccc3c4c(cccc24)-c2ccccc2-3)c1. The van der Waals surface area contributed by atoms with Crippen LogP contribution >= 0.6 is 0 Å². The van der Waals surface area contributed by atoms with E-state index in [0.29, 0.717) is 0 Å². The van der Waals surface area contributed by atoms with E-state index < -0.39 is 0 Å². The Kier molecular flexibility index (Phi) is 8.21. The van der Waals surface area contributed by atoms with Gasteiger partial charge in [-0.1, -0.05) is 140 Å². The standard InChI is InChI=1S/C59H44N2/c1-3-39-13-9-15-45(37-39)61(57-35-33-53-49-19-7-5-17-47(49)51-21-11-23-55(57)59(51)53)43-30-26-41(27-31-43)40-24-28-42(29-25-40)60(44-14-8-12-38(2)36-44)56-34-32-52-48-18-6-4-16-46(48)50-20-10-22-54(56)58(50)52/h4-9,11-21,23-37H,3,10,22H2,1-2H3. The maximum atomic E-state index is 2.47. The summed E-state index contributed by atoms with van der Waals surface area (Å²) in [5.74, 6) is 0. The van der Waals surface area contributed by atoms with E-state index in [1.54, 1.807) is 0 Å². The van der Waals surface area contributed by atoms with Crippen molar-refractivity contribution in [3.8, 4) is 44.5 Å². The molecule has 0 unspecified atom stereocenters. The zero-order valence-electron chi connectivity index (χ0n) is 34.5. The first-order valence-corrected chi connectivity index (χ1v) is 21.7. The van der Waals surface area contributed by atoms with E-state index in [9.17, 15) is 0 Å². The summed E-state index contributed by atoms with van der Waals surface area (Å²) in [5.41, 5.74) is 25.6. The van der Waals surface area contributed by atoms with E-state index in [4.69, 9.17) is 0 Å². The molecule has 9 aromatic rings. The van der Waals surface area contributed by atoms with E-state index in [1.165, 1.54) is 111 Å². The molecule has 0 bridgehead atoms. The summed E-state index contributed by atoms with van der Waals surface area (Å²) < 4.78 is 0. The van der Waals surface area contributed by atoms with Crippen LogP contribution in [0.1, 0.15) is 41.2 Å². The molecule has 0 amide bonds. The van der Waals surface area contributed by atoms with Gasteiger partial charge in [-0.05, 0) is 170 Å². The molecular weight excluding hydrogens is 737 g/mol. The lowest BCUT2D eigenvalue weighted by Crippen LogP contribution is -2.14. The second-order valence-corrected chi connectivity index (χ2v) is 16.7. The van der Waals surface area contributed by atoms with Gasteiger partial charge in [-0.15, -0.1) is 0 Å². The van der Waals surface area contributed by atoms with Gasteiger partial charge in [0.25, 0.3) is 0 Å². The highest BCUT2D eigenvalue weighted by molar-refractivity contribution is 6.19. The number of fused-ring (bicyclic) bond motifs is 6. The number of aryl methyl sites for hydroxylation is 2. The highest BCUT2D eigenvalue weighted by atomic mass is 15.1. The minimum absolute atomic E-state index is 0.983. The molecule has 2 nitrogen and oxygen atoms in total. The molecule has 61 heavy (non-hydrogen) atoms. The Labute approximate surface area is 358 Å². The third-order valence-corrected chi connectivity index (χ3v) is 13.2. The summed E-state index contributed by atoms with van der Waals surface area (Å²) in [7, 11) is 0. The van der Waals surface area contributed by atoms with Gasteiger partial charge in [0.15, 0.2) is 0 Å². The van der Waals surface area contributed by atoms with Crippen LogP contribution in [0.4, 0.5) is 34.1 Å². The summed E-state index contributed by atoms with van der Waals surface area (Å²) >= 11 is 0. The number of hydrogen-bond donors (Lipinski definition) is 0. The Hall–Kier alpha value is -7.42. The van der Waals surface area contributed by atoms with Crippen molar-refractivity contribution in [3.05, 3.63) is 222 Å². The van der Waals surface area contributed by atoms with Crippen molar-refractivity contribution in [2.24, 2.45) is 0 Å². The fraction of sp³-hybridized carbons (Fsp3) is 0.0847. The molecule has 0 spiro atoms. The van der Waals surface area contributed by atoms with Crippen molar-refractivity contribution < 1.29 is 0 Å². The number of allylic oxidation sites excluding steroid dienone is 1. The molecule has 0 atom stereocenters. The van der Waals surface area contributed by atoms with Gasteiger partial charge in [-0.2, -0.15) is 0 Å². The van der Waals surface area contributed by atoms with Crippen LogP contribution in [-0.4, -0.2) is 0 Å². The highest BCUT2D eigenvalue weighted by Crippen LogP contribution is 2.53. The lowest BCUT2D eigenvalue weighted by molar-refractivity contribution is 0.976. The minimum atomic E-state index is 0.983. The molecule has 12 rings (SSSR count). The minimum Gasteiger partial charge on any atom is -0.310 e. The van der Waals surface area contributed by atoms with Gasteiger partial charge in [0.1, 0.15) is 0 Å². The van der Waals surface area contributed by atoms with Crippen molar-refractivity contribution in [2.45, 2.75) is 33.1 Å². The molecule has 3 aliphatic carbocycles. The third kappa shape index (κ3) is 5.63. The summed E-state index contributed by atoms with van der Waals surface area (Å²) in [5, 5.41) is 2.60. The summed E-state index contributed by atoms with van der Waals surface area (Å²) in [4.78, 5) is 4.92. The van der Waals surface area contributed by atoms with Crippen LogP contribution in [0.2, 0.25) is 0 Å². The van der Waals surface area contributed by atoms with Crippen molar-refractivity contribution in [1.82, 2.24) is 0 Å². The fourth-order valence-corrected chi connectivity index (χ4v) is 10.4. The molecule has 0 aliphatic heterocycles. The maximum Gasteiger partial charge on any atom is 0.0540 e. The summed E-state index contributed by atoms with van der Waals surface area (Å²) in [6.45, 7) is 4.42. The monoisotopic (exact) mass is 780 g/mol. The van der Waals surface area contributed by atoms with E-state index in [2.05, 4.69) is 218 Å². The quantitative estimate of drug-likeness (QED) is 0.152. The van der Waals surface area contributed by atoms with Crippen LogP contribution in [-0.2, 0) is 12.8 Å². The second kappa shape index (κ2) is 14.1. The van der Waals surface area contributed by atoms with Crippen LogP contribution < -0.4 is 9.80 Å². The van der Waals surface area contributed by atoms with Crippen molar-refractivity contribution in [3.63, 3.8) is 0 Å². The largest absolute Gasteiger partial charge is 0.310 e. The van der Waals surface area contributed by atoms with Crippen LogP contribution in [0, 0.1) is 6.92 Å². The highest BCUT2D eigenvalue weighted by Gasteiger charge is 2.31. The topological polar surface area (TPSA) is 6.48 Å². The van der Waals surface area contributed by atoms with Gasteiger partial charge in [-0.3, -0.25) is 0 Å². The zero-order valence-corrected chi connectivity index (χ0v) is 34.5. The van der Waals surface area contributed by atoms with Crippen molar-refractivity contribution >= 4 is 50.5 Å². The predicted molar refractivity (Wildman–Crippen MR) is 258 cm³/mol. The number of nitrogens with zero attached hydrogens (tertiary/aromatic N) is 2. The fourth-order valence-electron chi connectivity index (χ4n) is 10.4. The van der Waals surface area contributed by atoms with Crippen molar-refractivity contribution in [2.75, 3.05) is 9.80 Å². The van der Waals surface area contributed by atoms with Crippen LogP contribution in [0.25, 0.3) is 60.9 Å². The Morgan fingerprint density at radius 3 is 1.69 bits per heavy atom. The van der Waals surface area contributed by atoms with E-state index in [0.717, 1.165) is 30.6 Å². The first-order valence-electron chi connectivity index (χ1n) is 21.7. The smallest absolute Gasteiger partial charge is 0.0540 e. The molecule has 0 aromatic heterocycles. The molecular formula is C59H44N2. The Morgan fingerprint density at radius 2 is 1.00 bits per heavy atom. The molecule has 9 aromatic carbocycles. The number of anilines is 6. The molecule has 0 N–H and O–H groups in total. The van der Waals surface area contributed by atoms with Crippen molar-refractivity contribution in [1.29, 1.82) is 0 Å². The molecule has 3 aliphatic rings. The zero-order chi connectivity index (χ0) is 40.6. The molecule has 0 saturated carbocycles. The van der Waals surface area contributed by atoms with Gasteiger partial charge in [0.2, 0.25) is 0 Å². The Morgan fingerprint density at radius 1 is 0.443 bits per heavy atom. The van der Waals surface area contributed by atoms with Crippen LogP contribution in [0.3, 0.4) is 0 Å². The first kappa shape index (κ1) is 35.5. The molecule has 0 saturated heterocycles. The Balaban J connectivity index is 0.927. The molecule has 0 heterocycles. The Bertz CT molecular complexity index is 3210. The molecule has 0 fully saturated rings. The van der Waals surface area contributed by atoms with E-state index in [1.807, 2.05) is 0 Å². The van der Waals surface area contributed by atoms with Gasteiger partial charge < -0.3 is 9.80 Å². The number of hydrogen-bond acceptors (Lipinski definition) is 2. The predicted octanol–water partition coefficient (Wildman–Crippen LogP) is 16.3. The van der Waals surface area contributed by atoms with E-state index >= 15 is 0 Å². The average molecular weight is 781 g/mol. The van der Waals surface area contributed by atoms with Crippen LogP contribution in [0.15, 0.2) is 194 Å². The van der Waals surface area contributed by atoms with Gasteiger partial charge in [0.05, 0.1) is 5.69 Å². The van der Waals surface area contributed by atoms with E-state index in [-0.39, 0.29) is 0 Å². The average Bonchev–Trinajstić information content (AvgIpc) is 3.83. The van der Waals surface area contributed by atoms with Gasteiger partial charge in [0, 0.05) is 33.8 Å². The first-order chi connectivity index (χ1) is 30.1. The third-order valence-electron chi connectivity index (χ3n) is 13.2. The van der Waals surface area contributed by atoms with Gasteiger partial charge >= 0.3 is 0 Å². The number of rotatable bonds is 8. The van der Waals surface area contributed by atoms with Crippen LogP contribution in [0.5, 0.6) is 0 Å². The molecule has 0 radical (unpaired) electrons. The molecule has 290 valence electrons. The number of benzene rings is 9. The lowest BCUT2D eigenvalue weighted by Gasteiger charge is -2.30. The normalized spacial score (nSPS) is 12.8. The summed E-state index contributed by atoms with van der Waals surface area (Å²) in [6.07, 6.45) is 5.50. The molecule has 2 heteroatoms. The summed E-state index contributed by atoms with van der Waals surface area (Å²) in [6, 6.07) is 70.1.